The molecule has 0 N–H and O–H groups in total. The van der Waals surface area contributed by atoms with Crippen LogP contribution in [0.15, 0.2) is 89.2 Å². The van der Waals surface area contributed by atoms with Crippen molar-refractivity contribution in [3.63, 3.8) is 0 Å². The van der Waals surface area contributed by atoms with E-state index in [0.717, 1.165) is 11.1 Å². The van der Waals surface area contributed by atoms with E-state index in [0.29, 0.717) is 23.6 Å². The third-order valence-electron chi connectivity index (χ3n) is 4.73. The summed E-state index contributed by atoms with van der Waals surface area (Å²) in [5, 5.41) is 14.3. The number of hydrogen-bond acceptors (Lipinski definition) is 5. The fraction of sp³-hybridized carbons (Fsp3) is 0.0800. The number of methoxy groups -OCH3 is 1. The van der Waals surface area contributed by atoms with Crippen molar-refractivity contribution in [3.05, 3.63) is 102 Å². The van der Waals surface area contributed by atoms with Gasteiger partial charge in [-0.25, -0.2) is 0 Å². The molecule has 0 atom stereocenters. The van der Waals surface area contributed by atoms with Gasteiger partial charge in [0.2, 0.25) is 5.78 Å². The van der Waals surface area contributed by atoms with Gasteiger partial charge in [0.15, 0.2) is 5.76 Å². The summed E-state index contributed by atoms with van der Waals surface area (Å²) < 4.78 is 12.3. The Kier molecular flexibility index (Phi) is 5.77. The fourth-order valence-corrected chi connectivity index (χ4v) is 3.23. The molecule has 0 spiro atoms. The molecule has 2 aromatic carbocycles. The minimum Gasteiger partial charge on any atom is -0.497 e. The molecule has 152 valence electrons. The van der Waals surface area contributed by atoms with E-state index in [1.54, 1.807) is 23.9 Å². The number of hydrogen-bond donors (Lipinski definition) is 0. The Morgan fingerprint density at radius 2 is 2.00 bits per heavy atom. The standard InChI is InChI=1S/C25H19N3O3/c1-30-22-10-5-9-19(14-22)24-21(13-20(15-26)25(29)23-11-6-12-31-23)17-28(27-24)16-18-7-3-2-4-8-18/h2-14,17H,16H2,1H3/b20-13+. The van der Waals surface area contributed by atoms with E-state index in [9.17, 15) is 10.1 Å². The average Bonchev–Trinajstić information content (AvgIpc) is 3.48. The number of furan rings is 1. The Hall–Kier alpha value is -4.37. The van der Waals surface area contributed by atoms with E-state index < -0.39 is 5.78 Å². The second-order valence-electron chi connectivity index (χ2n) is 6.82. The van der Waals surface area contributed by atoms with E-state index in [4.69, 9.17) is 14.3 Å². The molecule has 0 amide bonds. The van der Waals surface area contributed by atoms with Crippen LogP contribution in [0, 0.1) is 11.3 Å². The van der Waals surface area contributed by atoms with Gasteiger partial charge in [-0.3, -0.25) is 9.48 Å². The number of carbonyl (C=O) groups excluding carboxylic acids is 1. The maximum atomic E-state index is 12.7. The monoisotopic (exact) mass is 409 g/mol. The molecular weight excluding hydrogens is 390 g/mol. The Balaban J connectivity index is 1.79. The summed E-state index contributed by atoms with van der Waals surface area (Å²) in [6.07, 6.45) is 4.78. The zero-order valence-electron chi connectivity index (χ0n) is 16.9. The Labute approximate surface area is 179 Å². The van der Waals surface area contributed by atoms with Crippen molar-refractivity contribution in [2.75, 3.05) is 7.11 Å². The number of aromatic nitrogens is 2. The molecule has 31 heavy (non-hydrogen) atoms. The van der Waals surface area contributed by atoms with Crippen LogP contribution < -0.4 is 4.74 Å². The normalized spacial score (nSPS) is 11.2. The molecule has 0 aliphatic carbocycles. The summed E-state index contributed by atoms with van der Waals surface area (Å²) in [6, 6.07) is 22.6. The smallest absolute Gasteiger partial charge is 0.238 e. The largest absolute Gasteiger partial charge is 0.497 e. The number of benzene rings is 2. The summed E-state index contributed by atoms with van der Waals surface area (Å²) in [5.41, 5.74) is 3.18. The Morgan fingerprint density at radius 3 is 2.71 bits per heavy atom. The molecule has 4 rings (SSSR count). The number of rotatable bonds is 7. The zero-order valence-corrected chi connectivity index (χ0v) is 16.9. The van der Waals surface area contributed by atoms with Gasteiger partial charge in [0.25, 0.3) is 0 Å². The van der Waals surface area contributed by atoms with Gasteiger partial charge in [-0.05, 0) is 35.9 Å². The van der Waals surface area contributed by atoms with Crippen molar-refractivity contribution >= 4 is 11.9 Å². The number of nitriles is 1. The zero-order chi connectivity index (χ0) is 21.6. The summed E-state index contributed by atoms with van der Waals surface area (Å²) in [4.78, 5) is 12.7. The number of ketones is 1. The van der Waals surface area contributed by atoms with Gasteiger partial charge in [-0.15, -0.1) is 0 Å². The summed E-state index contributed by atoms with van der Waals surface area (Å²) in [5.74, 6) is 0.338. The lowest BCUT2D eigenvalue weighted by Gasteiger charge is -2.04. The van der Waals surface area contributed by atoms with Crippen LogP contribution in [0.5, 0.6) is 5.75 Å². The molecule has 0 aliphatic heterocycles. The quantitative estimate of drug-likeness (QED) is 0.244. The first-order valence-corrected chi connectivity index (χ1v) is 9.63. The first kappa shape index (κ1) is 19.9. The van der Waals surface area contributed by atoms with Gasteiger partial charge in [-0.2, -0.15) is 10.4 Å². The lowest BCUT2D eigenvalue weighted by molar-refractivity contribution is 0.101. The van der Waals surface area contributed by atoms with Crippen molar-refractivity contribution in [3.8, 4) is 23.1 Å². The molecule has 0 radical (unpaired) electrons. The molecule has 0 bridgehead atoms. The number of allylic oxidation sites excluding steroid dienone is 1. The van der Waals surface area contributed by atoms with E-state index in [2.05, 4.69) is 0 Å². The predicted octanol–water partition coefficient (Wildman–Crippen LogP) is 4.99. The van der Waals surface area contributed by atoms with Crippen LogP contribution in [0.2, 0.25) is 0 Å². The first-order chi connectivity index (χ1) is 15.2. The van der Waals surface area contributed by atoms with E-state index in [1.807, 2.05) is 66.9 Å². The van der Waals surface area contributed by atoms with Crippen molar-refractivity contribution in [1.29, 1.82) is 5.26 Å². The molecule has 0 aliphatic rings. The van der Waals surface area contributed by atoms with Crippen LogP contribution in [0.3, 0.4) is 0 Å². The van der Waals surface area contributed by atoms with Crippen LogP contribution in [-0.2, 0) is 6.54 Å². The third-order valence-corrected chi connectivity index (χ3v) is 4.73. The Bertz CT molecular complexity index is 1260. The highest BCUT2D eigenvalue weighted by Crippen LogP contribution is 2.28. The molecule has 2 aromatic heterocycles. The second kappa shape index (κ2) is 8.97. The van der Waals surface area contributed by atoms with Gasteiger partial charge < -0.3 is 9.15 Å². The lowest BCUT2D eigenvalue weighted by Crippen LogP contribution is -2.00. The van der Waals surface area contributed by atoms with E-state index in [-0.39, 0.29) is 11.3 Å². The molecule has 4 aromatic rings. The van der Waals surface area contributed by atoms with Crippen LogP contribution in [-0.4, -0.2) is 22.7 Å². The molecule has 0 saturated carbocycles. The average molecular weight is 409 g/mol. The van der Waals surface area contributed by atoms with Gasteiger partial charge in [-0.1, -0.05) is 42.5 Å². The topological polar surface area (TPSA) is 81.0 Å². The molecule has 6 nitrogen and oxygen atoms in total. The minimum absolute atomic E-state index is 0.0293. The second-order valence-corrected chi connectivity index (χ2v) is 6.82. The highest BCUT2D eigenvalue weighted by molar-refractivity contribution is 6.12. The van der Waals surface area contributed by atoms with Crippen LogP contribution in [0.4, 0.5) is 0 Å². The number of carbonyl (C=O) groups is 1. The van der Waals surface area contributed by atoms with E-state index in [1.165, 1.54) is 12.3 Å². The van der Waals surface area contributed by atoms with E-state index >= 15 is 0 Å². The fourth-order valence-electron chi connectivity index (χ4n) is 3.23. The molecule has 6 heteroatoms. The molecule has 0 saturated heterocycles. The minimum atomic E-state index is -0.472. The van der Waals surface area contributed by atoms with Crippen molar-refractivity contribution in [2.45, 2.75) is 6.54 Å². The third kappa shape index (κ3) is 4.46. The number of Topliss-reactive ketones (excluding diaryl/α,β-unsaturated/α-hetero) is 1. The van der Waals surface area contributed by atoms with Crippen molar-refractivity contribution in [1.82, 2.24) is 9.78 Å². The highest BCUT2D eigenvalue weighted by atomic mass is 16.5. The van der Waals surface area contributed by atoms with Crippen LogP contribution in [0.1, 0.15) is 21.7 Å². The predicted molar refractivity (Wildman–Crippen MR) is 116 cm³/mol. The summed E-state index contributed by atoms with van der Waals surface area (Å²) >= 11 is 0. The maximum absolute atomic E-state index is 12.7. The van der Waals surface area contributed by atoms with Crippen molar-refractivity contribution in [2.24, 2.45) is 0 Å². The molecule has 2 heterocycles. The first-order valence-electron chi connectivity index (χ1n) is 9.63. The van der Waals surface area contributed by atoms with Gasteiger partial charge in [0.05, 0.1) is 25.6 Å². The van der Waals surface area contributed by atoms with Gasteiger partial charge >= 0.3 is 0 Å². The van der Waals surface area contributed by atoms with Crippen LogP contribution in [0.25, 0.3) is 17.3 Å². The maximum Gasteiger partial charge on any atom is 0.238 e. The SMILES string of the molecule is COc1cccc(-c2nn(Cc3ccccc3)cc2/C=C(\C#N)C(=O)c2ccco2)c1. The summed E-state index contributed by atoms with van der Waals surface area (Å²) in [7, 11) is 1.60. The Morgan fingerprint density at radius 1 is 1.16 bits per heavy atom. The molecular formula is C25H19N3O3. The molecule has 0 fully saturated rings. The lowest BCUT2D eigenvalue weighted by atomic mass is 10.0. The highest BCUT2D eigenvalue weighted by Gasteiger charge is 2.18. The summed E-state index contributed by atoms with van der Waals surface area (Å²) in [6.45, 7) is 0.555. The number of ether oxygens (including phenoxy) is 1. The molecule has 0 unspecified atom stereocenters. The number of nitrogens with zero attached hydrogens (tertiary/aromatic N) is 3. The van der Waals surface area contributed by atoms with Gasteiger partial charge in [0, 0.05) is 17.3 Å². The van der Waals surface area contributed by atoms with Crippen LogP contribution >= 0.6 is 0 Å². The van der Waals surface area contributed by atoms with Gasteiger partial charge in [0.1, 0.15) is 17.4 Å². The van der Waals surface area contributed by atoms with Crippen molar-refractivity contribution < 1.29 is 13.9 Å².